The van der Waals surface area contributed by atoms with Gasteiger partial charge in [0.1, 0.15) is 54.4 Å². The number of carbonyl (C=O) groups is 1. The molecule has 44 heavy (non-hydrogen) atoms. The van der Waals surface area contributed by atoms with Crippen LogP contribution in [0.4, 0.5) is 0 Å². The summed E-state index contributed by atoms with van der Waals surface area (Å²) >= 11 is 0. The summed E-state index contributed by atoms with van der Waals surface area (Å²) in [5.41, 5.74) is 16.0. The molecule has 2 saturated heterocycles. The minimum atomic E-state index is -1.75. The minimum Gasteiger partial charge on any atom is -0.395 e. The van der Waals surface area contributed by atoms with Gasteiger partial charge in [-0.2, -0.15) is 0 Å². The van der Waals surface area contributed by atoms with Crippen molar-refractivity contribution in [2.45, 2.75) is 111 Å². The zero-order valence-electron chi connectivity index (χ0n) is 25.0. The molecule has 18 heteroatoms. The lowest BCUT2D eigenvalue weighted by molar-refractivity contribution is -0.333. The number of Topliss-reactive ketones (excluding diaryl/α,β-unsaturated/α-hetero) is 1. The third-order valence-corrected chi connectivity index (χ3v) is 8.57. The number of ether oxygens (including phenoxy) is 4. The zero-order chi connectivity index (χ0) is 32.9. The SMILES string of the molecule is CN[C@@H]1[C@@H](O)[C@@H](O[C@H]2[C@H](CC(=O)[C@@H](O)CN)C[C@H](N)C(O[C@H]3O[C@H](CNCC(N)CO)[C@@H](O)[C@H](O)[C@H]3O)[C@@H]2O)OC[C@]1(C)O. The topological polar surface area (TPSA) is 318 Å². The van der Waals surface area contributed by atoms with E-state index in [1.54, 1.807) is 0 Å². The summed E-state index contributed by atoms with van der Waals surface area (Å²) in [5.74, 6) is -1.43. The molecule has 2 aliphatic heterocycles. The smallest absolute Gasteiger partial charge is 0.187 e. The molecule has 1 saturated carbocycles. The lowest BCUT2D eigenvalue weighted by Gasteiger charge is -2.49. The van der Waals surface area contributed by atoms with Gasteiger partial charge in [-0.15, -0.1) is 0 Å². The highest BCUT2D eigenvalue weighted by molar-refractivity contribution is 5.83. The standard InChI is InChI=1S/C26H51N5O13/c1-26(40)9-41-24(20(39)23(26)30-2)43-21-10(4-13(33)14(34)5-27)3-12(29)22(19(21)38)44-25-18(37)17(36)16(35)15(42-25)7-31-6-11(28)8-32/h10-12,14-25,30-32,34-40H,3-9,27-29H2,1-2H3/t10-,11?,12-,14-,15+,16+,17-,18+,19+,20+,21-,22?,23+,24+,25+,26-/m0/s1. The Labute approximate surface area is 255 Å². The highest BCUT2D eigenvalue weighted by atomic mass is 16.7. The van der Waals surface area contributed by atoms with Gasteiger partial charge in [-0.3, -0.25) is 4.79 Å². The van der Waals surface area contributed by atoms with E-state index in [1.807, 2.05) is 0 Å². The van der Waals surface area contributed by atoms with Crippen LogP contribution in [0.2, 0.25) is 0 Å². The van der Waals surface area contributed by atoms with Gasteiger partial charge >= 0.3 is 0 Å². The predicted octanol–water partition coefficient (Wildman–Crippen LogP) is -7.48. The van der Waals surface area contributed by atoms with E-state index >= 15 is 0 Å². The second-order valence-electron chi connectivity index (χ2n) is 12.2. The Kier molecular flexibility index (Phi) is 13.8. The Hall–Kier alpha value is -1.01. The summed E-state index contributed by atoms with van der Waals surface area (Å²) < 4.78 is 23.3. The monoisotopic (exact) mass is 641 g/mol. The molecule has 16 atom stereocenters. The fraction of sp³-hybridized carbons (Fsp3) is 0.962. The molecule has 0 aromatic carbocycles. The number of aliphatic hydroxyl groups excluding tert-OH is 7. The summed E-state index contributed by atoms with van der Waals surface area (Å²) in [4.78, 5) is 12.6. The van der Waals surface area contributed by atoms with Gasteiger partial charge in [0.05, 0.1) is 25.4 Å². The number of aliphatic hydroxyl groups is 8. The van der Waals surface area contributed by atoms with Gasteiger partial charge in [0, 0.05) is 38.1 Å². The van der Waals surface area contributed by atoms with E-state index in [1.165, 1.54) is 14.0 Å². The van der Waals surface area contributed by atoms with Crippen LogP contribution in [0, 0.1) is 5.92 Å². The van der Waals surface area contributed by atoms with Crippen molar-refractivity contribution in [1.29, 1.82) is 0 Å². The molecule has 18 nitrogen and oxygen atoms in total. The van der Waals surface area contributed by atoms with Crippen molar-refractivity contribution >= 4 is 5.78 Å². The molecule has 16 N–H and O–H groups in total. The average molecular weight is 642 g/mol. The first-order chi connectivity index (χ1) is 20.7. The molecule has 0 radical (unpaired) electrons. The molecule has 3 fully saturated rings. The molecule has 3 aliphatic rings. The van der Waals surface area contributed by atoms with Gasteiger partial charge in [0.15, 0.2) is 18.4 Å². The summed E-state index contributed by atoms with van der Waals surface area (Å²) in [6.45, 7) is 0.740. The van der Waals surface area contributed by atoms with Crippen molar-refractivity contribution in [1.82, 2.24) is 10.6 Å². The van der Waals surface area contributed by atoms with Crippen molar-refractivity contribution in [3.8, 4) is 0 Å². The van der Waals surface area contributed by atoms with Crippen molar-refractivity contribution in [3.63, 3.8) is 0 Å². The van der Waals surface area contributed by atoms with Crippen LogP contribution in [0.1, 0.15) is 19.8 Å². The largest absolute Gasteiger partial charge is 0.395 e. The van der Waals surface area contributed by atoms with E-state index < -0.39 is 103 Å². The van der Waals surface area contributed by atoms with Gasteiger partial charge in [-0.25, -0.2) is 0 Å². The lowest BCUT2D eigenvalue weighted by Crippen LogP contribution is -2.67. The first-order valence-corrected chi connectivity index (χ1v) is 14.8. The predicted molar refractivity (Wildman–Crippen MR) is 150 cm³/mol. The summed E-state index contributed by atoms with van der Waals surface area (Å²) in [5, 5.41) is 89.5. The van der Waals surface area contributed by atoms with Crippen LogP contribution in [-0.2, 0) is 23.7 Å². The second-order valence-corrected chi connectivity index (χ2v) is 12.2. The van der Waals surface area contributed by atoms with E-state index in [0.29, 0.717) is 0 Å². The van der Waals surface area contributed by atoms with Gasteiger partial charge in [0.2, 0.25) is 0 Å². The van der Waals surface area contributed by atoms with Crippen molar-refractivity contribution in [2.24, 2.45) is 23.1 Å². The fourth-order valence-corrected chi connectivity index (χ4v) is 5.98. The highest BCUT2D eigenvalue weighted by Gasteiger charge is 2.53. The summed E-state index contributed by atoms with van der Waals surface area (Å²) in [6, 6.07) is -2.44. The molecule has 1 aliphatic carbocycles. The first kappa shape index (κ1) is 37.4. The van der Waals surface area contributed by atoms with Crippen LogP contribution in [-0.4, -0.2) is 178 Å². The minimum absolute atomic E-state index is 0.00341. The van der Waals surface area contributed by atoms with Crippen LogP contribution < -0.4 is 27.8 Å². The zero-order valence-corrected chi connectivity index (χ0v) is 25.0. The number of rotatable bonds is 14. The molecular formula is C26H51N5O13. The maximum Gasteiger partial charge on any atom is 0.187 e. The number of nitrogens with one attached hydrogen (secondary N) is 2. The van der Waals surface area contributed by atoms with E-state index in [0.717, 1.165) is 0 Å². The molecule has 2 unspecified atom stereocenters. The van der Waals surface area contributed by atoms with E-state index in [4.69, 9.17) is 41.3 Å². The second kappa shape index (κ2) is 16.2. The Bertz CT molecular complexity index is 908. The molecule has 0 bridgehead atoms. The molecule has 258 valence electrons. The fourth-order valence-electron chi connectivity index (χ4n) is 5.98. The van der Waals surface area contributed by atoms with Crippen LogP contribution in [0.25, 0.3) is 0 Å². The number of hydrogen-bond acceptors (Lipinski definition) is 18. The van der Waals surface area contributed by atoms with Crippen LogP contribution in [0.3, 0.4) is 0 Å². The molecule has 0 spiro atoms. The summed E-state index contributed by atoms with van der Waals surface area (Å²) in [6.07, 6.45) is -16.4. The number of hydrogen-bond donors (Lipinski definition) is 13. The van der Waals surface area contributed by atoms with Crippen molar-refractivity contribution in [2.75, 3.05) is 39.9 Å². The van der Waals surface area contributed by atoms with E-state index in [9.17, 15) is 40.5 Å². The van der Waals surface area contributed by atoms with Crippen LogP contribution >= 0.6 is 0 Å². The van der Waals surface area contributed by atoms with Gasteiger partial charge < -0.3 is 87.6 Å². The van der Waals surface area contributed by atoms with Crippen LogP contribution in [0.5, 0.6) is 0 Å². The summed E-state index contributed by atoms with van der Waals surface area (Å²) in [7, 11) is 1.53. The highest BCUT2D eigenvalue weighted by Crippen LogP contribution is 2.36. The van der Waals surface area contributed by atoms with Crippen molar-refractivity contribution in [3.05, 3.63) is 0 Å². The van der Waals surface area contributed by atoms with Gasteiger partial charge in [-0.05, 0) is 26.3 Å². The molecule has 0 aromatic heterocycles. The van der Waals surface area contributed by atoms with E-state index in [-0.39, 0.29) is 45.7 Å². The number of carbonyl (C=O) groups excluding carboxylic acids is 1. The Balaban J connectivity index is 1.80. The number of ketones is 1. The number of nitrogens with two attached hydrogens (primary N) is 3. The molecule has 0 amide bonds. The normalized spacial score (nSPS) is 44.7. The molecule has 3 rings (SSSR count). The molecule has 2 heterocycles. The third kappa shape index (κ3) is 8.66. The Morgan fingerprint density at radius 3 is 2.32 bits per heavy atom. The van der Waals surface area contributed by atoms with Crippen LogP contribution in [0.15, 0.2) is 0 Å². The maximum atomic E-state index is 12.6. The number of likely N-dealkylation sites (N-methyl/N-ethyl adjacent to an activating group) is 1. The molecule has 0 aromatic rings. The molecular weight excluding hydrogens is 590 g/mol. The van der Waals surface area contributed by atoms with Crippen molar-refractivity contribution < 1.29 is 64.6 Å². The van der Waals surface area contributed by atoms with Gasteiger partial charge in [0.25, 0.3) is 0 Å². The van der Waals surface area contributed by atoms with E-state index in [2.05, 4.69) is 10.6 Å². The quantitative estimate of drug-likeness (QED) is 0.0837. The van der Waals surface area contributed by atoms with Gasteiger partial charge in [-0.1, -0.05) is 0 Å². The maximum absolute atomic E-state index is 12.6. The average Bonchev–Trinajstić information content (AvgIpc) is 2.98. The Morgan fingerprint density at radius 1 is 1.05 bits per heavy atom. The third-order valence-electron chi connectivity index (χ3n) is 8.57. The first-order valence-electron chi connectivity index (χ1n) is 14.8. The lowest BCUT2D eigenvalue weighted by atomic mass is 9.76. The Morgan fingerprint density at radius 2 is 1.70 bits per heavy atom.